The molecule has 0 fully saturated rings. The second-order valence-corrected chi connectivity index (χ2v) is 14.1. The Kier molecular flexibility index (Phi) is 10.4. The van der Waals surface area contributed by atoms with Gasteiger partial charge in [-0.1, -0.05) is 108 Å². The molecular formula is C43H42N3OPt-. The number of aromatic hydroxyl groups is 1. The van der Waals surface area contributed by atoms with Crippen molar-refractivity contribution in [2.24, 2.45) is 0 Å². The summed E-state index contributed by atoms with van der Waals surface area (Å²) in [5, 5.41) is 11.8. The van der Waals surface area contributed by atoms with Gasteiger partial charge in [-0.3, -0.25) is 4.98 Å². The molecule has 4 aromatic carbocycles. The molecule has 6 aromatic rings. The third kappa shape index (κ3) is 7.77. The molecule has 6 rings (SSSR count). The van der Waals surface area contributed by atoms with Gasteiger partial charge in [0.2, 0.25) is 0 Å². The van der Waals surface area contributed by atoms with Gasteiger partial charge < -0.3 is 10.0 Å². The van der Waals surface area contributed by atoms with Crippen LogP contribution in [0.1, 0.15) is 63.8 Å². The first-order valence-corrected chi connectivity index (χ1v) is 16.2. The van der Waals surface area contributed by atoms with Gasteiger partial charge in [0, 0.05) is 44.1 Å². The molecule has 0 aliphatic rings. The fourth-order valence-corrected chi connectivity index (χ4v) is 5.83. The van der Waals surface area contributed by atoms with E-state index in [9.17, 15) is 5.11 Å². The molecule has 0 saturated heterocycles. The van der Waals surface area contributed by atoms with Crippen molar-refractivity contribution in [1.29, 1.82) is 0 Å². The predicted molar refractivity (Wildman–Crippen MR) is 195 cm³/mol. The second-order valence-electron chi connectivity index (χ2n) is 14.1. The van der Waals surface area contributed by atoms with E-state index >= 15 is 0 Å². The molecule has 2 heterocycles. The summed E-state index contributed by atoms with van der Waals surface area (Å²) in [6.07, 6.45) is 2.54. The summed E-state index contributed by atoms with van der Waals surface area (Å²) < 4.78 is 0. The molecule has 48 heavy (non-hydrogen) atoms. The van der Waals surface area contributed by atoms with E-state index in [4.69, 9.17) is 4.98 Å². The number of hydrogen-bond donors (Lipinski definition) is 1. The Bertz CT molecular complexity index is 1940. The van der Waals surface area contributed by atoms with Crippen LogP contribution in [0.3, 0.4) is 0 Å². The van der Waals surface area contributed by atoms with Crippen LogP contribution in [0.2, 0.25) is 0 Å². The van der Waals surface area contributed by atoms with E-state index in [1.54, 1.807) is 6.20 Å². The Hall–Kier alpha value is -4.53. The molecule has 0 aliphatic carbocycles. The number of nitrogens with zero attached hydrogens (tertiary/aromatic N) is 3. The molecule has 0 atom stereocenters. The summed E-state index contributed by atoms with van der Waals surface area (Å²) >= 11 is 0. The topological polar surface area (TPSA) is 49.2 Å². The van der Waals surface area contributed by atoms with Crippen molar-refractivity contribution in [3.63, 3.8) is 0 Å². The number of phenols is 1. The number of anilines is 3. The van der Waals surface area contributed by atoms with Gasteiger partial charge in [0.05, 0.1) is 5.69 Å². The molecule has 0 saturated carbocycles. The minimum absolute atomic E-state index is 0. The minimum Gasteiger partial charge on any atom is -0.507 e. The Morgan fingerprint density at radius 2 is 1.33 bits per heavy atom. The Morgan fingerprint density at radius 3 is 1.98 bits per heavy atom. The number of benzene rings is 4. The normalized spacial score (nSPS) is 11.5. The fourth-order valence-electron chi connectivity index (χ4n) is 5.83. The van der Waals surface area contributed by atoms with Gasteiger partial charge in [-0.15, -0.1) is 29.8 Å². The summed E-state index contributed by atoms with van der Waals surface area (Å²) in [6, 6.07) is 45.0. The van der Waals surface area contributed by atoms with Crippen molar-refractivity contribution in [3.8, 4) is 28.3 Å². The van der Waals surface area contributed by atoms with Crippen LogP contribution in [0.4, 0.5) is 17.2 Å². The summed E-state index contributed by atoms with van der Waals surface area (Å²) in [4.78, 5) is 12.0. The summed E-state index contributed by atoms with van der Waals surface area (Å²) in [5.74, 6) is 1.08. The van der Waals surface area contributed by atoms with E-state index in [0.717, 1.165) is 62.8 Å². The third-order valence-corrected chi connectivity index (χ3v) is 8.39. The maximum Gasteiger partial charge on any atom is 0.136 e. The molecule has 0 spiro atoms. The molecule has 0 radical (unpaired) electrons. The van der Waals surface area contributed by atoms with Crippen molar-refractivity contribution in [3.05, 3.63) is 156 Å². The van der Waals surface area contributed by atoms with E-state index in [-0.39, 0.29) is 37.6 Å². The standard InChI is InChI=1S/C43H42N3O.Pt/c1-42(2,3)33-28-36(41(47)37(29-33)43(4,5)6)39-26-31(24-30-16-9-7-10-17-30)25-38(45-39)32-18-15-21-35(27-32)46(34-19-11-8-12-20-34)40-22-13-14-23-44-40;/h7-23,25-26,28-29,47H,24H2,1-6H3;/q-1;. The summed E-state index contributed by atoms with van der Waals surface area (Å²) in [7, 11) is 0. The van der Waals surface area contributed by atoms with Crippen molar-refractivity contribution in [2.45, 2.75) is 58.8 Å². The van der Waals surface area contributed by atoms with Gasteiger partial charge in [0.1, 0.15) is 11.6 Å². The average molecular weight is 812 g/mol. The van der Waals surface area contributed by atoms with Gasteiger partial charge in [0.15, 0.2) is 0 Å². The first kappa shape index (κ1) is 34.8. The quantitative estimate of drug-likeness (QED) is 0.163. The number of aromatic nitrogens is 2. The molecule has 1 N–H and O–H groups in total. The van der Waals surface area contributed by atoms with Crippen LogP contribution in [0, 0.1) is 6.07 Å². The van der Waals surface area contributed by atoms with Crippen LogP contribution in [-0.2, 0) is 38.3 Å². The van der Waals surface area contributed by atoms with E-state index < -0.39 is 0 Å². The first-order chi connectivity index (χ1) is 22.5. The zero-order valence-corrected chi connectivity index (χ0v) is 30.7. The Morgan fingerprint density at radius 1 is 0.667 bits per heavy atom. The molecular weight excluding hydrogens is 770 g/mol. The van der Waals surface area contributed by atoms with Gasteiger partial charge in [-0.2, -0.15) is 0 Å². The van der Waals surface area contributed by atoms with Gasteiger partial charge in [-0.25, -0.2) is 4.98 Å². The number of phenolic OH excluding ortho intramolecular Hbond substituents is 1. The Labute approximate surface area is 299 Å². The molecule has 0 aliphatic heterocycles. The van der Waals surface area contributed by atoms with Crippen LogP contribution in [0.25, 0.3) is 22.5 Å². The van der Waals surface area contributed by atoms with E-state index in [2.05, 4.69) is 124 Å². The van der Waals surface area contributed by atoms with Crippen LogP contribution in [0.5, 0.6) is 5.75 Å². The number of rotatable bonds is 7. The number of para-hydroxylation sites is 1. The molecule has 0 amide bonds. The number of hydrogen-bond acceptors (Lipinski definition) is 4. The van der Waals surface area contributed by atoms with Crippen molar-refractivity contribution < 1.29 is 26.2 Å². The van der Waals surface area contributed by atoms with Gasteiger partial charge >= 0.3 is 0 Å². The van der Waals surface area contributed by atoms with Crippen molar-refractivity contribution in [1.82, 2.24) is 9.97 Å². The second kappa shape index (κ2) is 14.3. The number of pyridine rings is 2. The smallest absolute Gasteiger partial charge is 0.136 e. The SMILES string of the molecule is CC(C)(C)c1cc(-c2cc(Cc3ccccc3)cc(-c3[c-]c(N(c4ccccc4)c4ccccn4)ccc3)n2)c(O)c(C(C)(C)C)c1.[Pt]. The van der Waals surface area contributed by atoms with Crippen molar-refractivity contribution >= 4 is 17.2 Å². The third-order valence-electron chi connectivity index (χ3n) is 8.39. The fraction of sp³-hybridized carbons (Fsp3) is 0.209. The molecule has 5 heteroatoms. The zero-order chi connectivity index (χ0) is 33.2. The van der Waals surface area contributed by atoms with Crippen LogP contribution >= 0.6 is 0 Å². The summed E-state index contributed by atoms with van der Waals surface area (Å²) in [5.41, 5.74) is 9.02. The van der Waals surface area contributed by atoms with E-state index in [0.29, 0.717) is 0 Å². The predicted octanol–water partition coefficient (Wildman–Crippen LogP) is 11.0. The first-order valence-electron chi connectivity index (χ1n) is 16.2. The molecule has 4 nitrogen and oxygen atoms in total. The van der Waals surface area contributed by atoms with E-state index in [1.165, 1.54) is 5.56 Å². The Balaban J connectivity index is 0.00000451. The van der Waals surface area contributed by atoms with Crippen molar-refractivity contribution in [2.75, 3.05) is 4.90 Å². The van der Waals surface area contributed by atoms with Crippen LogP contribution in [-0.4, -0.2) is 15.1 Å². The van der Waals surface area contributed by atoms with Crippen LogP contribution < -0.4 is 4.90 Å². The van der Waals surface area contributed by atoms with Crippen LogP contribution in [0.15, 0.2) is 128 Å². The zero-order valence-electron chi connectivity index (χ0n) is 28.4. The van der Waals surface area contributed by atoms with Gasteiger partial charge in [0.25, 0.3) is 0 Å². The molecule has 246 valence electrons. The monoisotopic (exact) mass is 811 g/mol. The summed E-state index contributed by atoms with van der Waals surface area (Å²) in [6.45, 7) is 13.1. The average Bonchev–Trinajstić information content (AvgIpc) is 3.05. The minimum atomic E-state index is -0.251. The largest absolute Gasteiger partial charge is 0.507 e. The maximum atomic E-state index is 11.8. The molecule has 2 aromatic heterocycles. The van der Waals surface area contributed by atoms with Gasteiger partial charge in [-0.05, 0) is 81.7 Å². The van der Waals surface area contributed by atoms with E-state index in [1.807, 2.05) is 54.6 Å². The maximum absolute atomic E-state index is 11.8. The molecule has 0 bridgehead atoms. The molecule has 0 unspecified atom stereocenters.